The number of nitro benzene ring substituents is 1. The van der Waals surface area contributed by atoms with Gasteiger partial charge in [0.1, 0.15) is 0 Å². The molecule has 21 heavy (non-hydrogen) atoms. The number of nitrogens with zero attached hydrogens (tertiary/aromatic N) is 1. The van der Waals surface area contributed by atoms with Crippen LogP contribution in [-0.4, -0.2) is 22.2 Å². The van der Waals surface area contributed by atoms with E-state index in [1.54, 1.807) is 5.92 Å². The second-order valence-electron chi connectivity index (χ2n) is 4.19. The topological polar surface area (TPSA) is 80.4 Å². The normalized spacial score (nSPS) is 14.0. The monoisotopic (exact) mass is 301 g/mol. The molecule has 0 amide bonds. The van der Waals surface area contributed by atoms with Crippen molar-refractivity contribution in [3.63, 3.8) is 0 Å². The number of non-ortho nitro benzene ring substituents is 1. The molecular formula is C13H10F3NO4. The number of nitro groups is 1. The fourth-order valence-corrected chi connectivity index (χ4v) is 1.99. The van der Waals surface area contributed by atoms with Crippen LogP contribution < -0.4 is 0 Å². The molecule has 0 aliphatic heterocycles. The van der Waals surface area contributed by atoms with Gasteiger partial charge in [-0.3, -0.25) is 10.1 Å². The zero-order chi connectivity index (χ0) is 16.4. The number of hydrogen-bond acceptors (Lipinski definition) is 3. The standard InChI is InChI=1S/C13H10F3NO4/c1-3-12(4-2,13(14,15)16)10-7-8(17(20)21)5-6-9(10)11(18)19/h1,5-7H,4H2,2H3,(H,18,19)/t12-/m1/s1. The third kappa shape index (κ3) is 2.67. The van der Waals surface area contributed by atoms with Crippen molar-refractivity contribution in [2.45, 2.75) is 24.9 Å². The number of aromatic carboxylic acids is 1. The molecule has 0 heterocycles. The molecule has 1 N–H and O–H groups in total. The van der Waals surface area contributed by atoms with Crippen LogP contribution in [0, 0.1) is 22.5 Å². The maximum absolute atomic E-state index is 13.3. The maximum atomic E-state index is 13.3. The highest BCUT2D eigenvalue weighted by Gasteiger charge is 2.55. The first-order valence-electron chi connectivity index (χ1n) is 5.67. The highest BCUT2D eigenvalue weighted by atomic mass is 19.4. The Morgan fingerprint density at radius 2 is 2.05 bits per heavy atom. The first-order valence-corrected chi connectivity index (χ1v) is 5.67. The zero-order valence-electron chi connectivity index (χ0n) is 10.8. The lowest BCUT2D eigenvalue weighted by Gasteiger charge is -2.31. The van der Waals surface area contributed by atoms with Crippen molar-refractivity contribution in [3.8, 4) is 12.3 Å². The fourth-order valence-electron chi connectivity index (χ4n) is 1.99. The van der Waals surface area contributed by atoms with E-state index in [4.69, 9.17) is 11.5 Å². The zero-order valence-corrected chi connectivity index (χ0v) is 10.8. The van der Waals surface area contributed by atoms with Crippen LogP contribution >= 0.6 is 0 Å². The predicted octanol–water partition coefficient (Wildman–Crippen LogP) is 3.14. The Balaban J connectivity index is 3.79. The van der Waals surface area contributed by atoms with Gasteiger partial charge in [0.15, 0.2) is 5.41 Å². The highest BCUT2D eigenvalue weighted by Crippen LogP contribution is 2.45. The number of carbonyl (C=O) groups is 1. The van der Waals surface area contributed by atoms with Gasteiger partial charge in [-0.25, -0.2) is 4.79 Å². The van der Waals surface area contributed by atoms with Gasteiger partial charge in [-0.1, -0.05) is 12.8 Å². The fraction of sp³-hybridized carbons (Fsp3) is 0.308. The van der Waals surface area contributed by atoms with Crippen LogP contribution in [0.2, 0.25) is 0 Å². The SMILES string of the molecule is C#C[C@@](CC)(c1cc([N+](=O)[O-])ccc1C(=O)O)C(F)(F)F. The predicted molar refractivity (Wildman–Crippen MR) is 66.9 cm³/mol. The van der Waals surface area contributed by atoms with Crippen LogP contribution in [0.3, 0.4) is 0 Å². The van der Waals surface area contributed by atoms with E-state index in [0.29, 0.717) is 6.07 Å². The third-order valence-electron chi connectivity index (χ3n) is 3.16. The Labute approximate surface area is 117 Å². The van der Waals surface area contributed by atoms with Gasteiger partial charge in [-0.15, -0.1) is 6.42 Å². The average molecular weight is 301 g/mol. The van der Waals surface area contributed by atoms with E-state index in [9.17, 15) is 28.1 Å². The first kappa shape index (κ1) is 16.5. The van der Waals surface area contributed by atoms with Crippen LogP contribution in [-0.2, 0) is 5.41 Å². The quantitative estimate of drug-likeness (QED) is 0.526. The van der Waals surface area contributed by atoms with Crippen molar-refractivity contribution in [1.82, 2.24) is 0 Å². The summed E-state index contributed by atoms with van der Waals surface area (Å²) in [6.45, 7) is 1.14. The Bertz CT molecular complexity index is 633. The summed E-state index contributed by atoms with van der Waals surface area (Å²) in [5.41, 5.74) is -5.07. The number of halogens is 3. The van der Waals surface area contributed by atoms with Crippen LogP contribution in [0.25, 0.3) is 0 Å². The summed E-state index contributed by atoms with van der Waals surface area (Å²) in [6, 6.07) is 2.14. The molecule has 8 heteroatoms. The van der Waals surface area contributed by atoms with Crippen LogP contribution in [0.1, 0.15) is 29.3 Å². The second-order valence-corrected chi connectivity index (χ2v) is 4.19. The summed E-state index contributed by atoms with van der Waals surface area (Å²) in [6.07, 6.45) is -0.594. The van der Waals surface area contributed by atoms with Crippen LogP contribution in [0.15, 0.2) is 18.2 Å². The molecule has 0 unspecified atom stereocenters. The van der Waals surface area contributed by atoms with Crippen LogP contribution in [0.5, 0.6) is 0 Å². The summed E-state index contributed by atoms with van der Waals surface area (Å²) in [7, 11) is 0. The van der Waals surface area contributed by atoms with Gasteiger partial charge in [-0.2, -0.15) is 13.2 Å². The largest absolute Gasteiger partial charge is 0.478 e. The van der Waals surface area contributed by atoms with Gasteiger partial charge in [0.25, 0.3) is 5.69 Å². The van der Waals surface area contributed by atoms with Gasteiger partial charge in [0.2, 0.25) is 0 Å². The lowest BCUT2D eigenvalue weighted by atomic mass is 9.75. The van der Waals surface area contributed by atoms with E-state index >= 15 is 0 Å². The number of rotatable bonds is 4. The maximum Gasteiger partial charge on any atom is 0.409 e. The molecule has 1 aromatic rings. The Kier molecular flexibility index (Phi) is 4.27. The molecule has 0 fully saturated rings. The van der Waals surface area contributed by atoms with Gasteiger partial charge >= 0.3 is 12.1 Å². The average Bonchev–Trinajstić information content (AvgIpc) is 2.38. The van der Waals surface area contributed by atoms with E-state index in [-0.39, 0.29) is 0 Å². The van der Waals surface area contributed by atoms with Crippen molar-refractivity contribution < 1.29 is 28.0 Å². The highest BCUT2D eigenvalue weighted by molar-refractivity contribution is 5.90. The molecule has 0 aliphatic carbocycles. The Morgan fingerprint density at radius 3 is 2.38 bits per heavy atom. The second kappa shape index (κ2) is 5.44. The van der Waals surface area contributed by atoms with Crippen molar-refractivity contribution in [2.24, 2.45) is 0 Å². The molecule has 0 aliphatic rings. The van der Waals surface area contributed by atoms with Gasteiger partial charge in [0.05, 0.1) is 10.5 Å². The summed E-state index contributed by atoms with van der Waals surface area (Å²) < 4.78 is 40.0. The summed E-state index contributed by atoms with van der Waals surface area (Å²) in [4.78, 5) is 20.9. The number of benzene rings is 1. The van der Waals surface area contributed by atoms with Gasteiger partial charge in [-0.05, 0) is 12.5 Å². The Morgan fingerprint density at radius 1 is 1.48 bits per heavy atom. The van der Waals surface area contributed by atoms with E-state index in [1.807, 2.05) is 0 Å². The molecule has 1 rings (SSSR count). The first-order chi connectivity index (χ1) is 9.60. The summed E-state index contributed by atoms with van der Waals surface area (Å²) >= 11 is 0. The lowest BCUT2D eigenvalue weighted by molar-refractivity contribution is -0.385. The molecule has 0 aromatic heterocycles. The molecule has 1 aromatic carbocycles. The van der Waals surface area contributed by atoms with Crippen molar-refractivity contribution in [2.75, 3.05) is 0 Å². The number of alkyl halides is 3. The minimum atomic E-state index is -4.95. The lowest BCUT2D eigenvalue weighted by Crippen LogP contribution is -2.41. The molecule has 0 bridgehead atoms. The van der Waals surface area contributed by atoms with Crippen molar-refractivity contribution in [1.29, 1.82) is 0 Å². The Hall–Kier alpha value is -2.56. The minimum absolute atomic E-state index is 0.570. The van der Waals surface area contributed by atoms with Gasteiger partial charge < -0.3 is 5.11 Å². The molecule has 1 atom stereocenters. The number of carboxylic acids is 1. The summed E-state index contributed by atoms with van der Waals surface area (Å²) in [5.74, 6) is -0.0695. The number of carboxylic acid groups (broad SMARTS) is 1. The van der Waals surface area contributed by atoms with E-state index in [2.05, 4.69) is 0 Å². The molecular weight excluding hydrogens is 291 g/mol. The minimum Gasteiger partial charge on any atom is -0.478 e. The molecule has 0 radical (unpaired) electrons. The molecule has 0 saturated heterocycles. The van der Waals surface area contributed by atoms with Crippen molar-refractivity contribution >= 4 is 11.7 Å². The molecule has 5 nitrogen and oxygen atoms in total. The smallest absolute Gasteiger partial charge is 0.409 e. The molecule has 112 valence electrons. The van der Waals surface area contributed by atoms with Gasteiger partial charge in [0, 0.05) is 17.7 Å². The molecule has 0 saturated carbocycles. The van der Waals surface area contributed by atoms with Crippen LogP contribution in [0.4, 0.5) is 18.9 Å². The number of terminal acetylenes is 1. The van der Waals surface area contributed by atoms with E-state index in [0.717, 1.165) is 19.1 Å². The number of hydrogen-bond donors (Lipinski definition) is 1. The van der Waals surface area contributed by atoms with Crippen molar-refractivity contribution in [3.05, 3.63) is 39.4 Å². The van der Waals surface area contributed by atoms with E-state index in [1.165, 1.54) is 0 Å². The van der Waals surface area contributed by atoms with E-state index < -0.39 is 45.7 Å². The summed E-state index contributed by atoms with van der Waals surface area (Å²) in [5, 5.41) is 19.7. The molecule has 0 spiro atoms. The third-order valence-corrected chi connectivity index (χ3v) is 3.16.